The molecular weight excluding hydrogens is 506 g/mol. The first kappa shape index (κ1) is 29.5. The van der Waals surface area contributed by atoms with Gasteiger partial charge >= 0.3 is 12.1 Å². The molecule has 2 N–H and O–H groups in total. The van der Waals surface area contributed by atoms with E-state index in [2.05, 4.69) is 5.16 Å². The Kier molecular flexibility index (Phi) is 10.4. The monoisotopic (exact) mass is 543 g/mol. The van der Waals surface area contributed by atoms with Crippen molar-refractivity contribution in [3.63, 3.8) is 0 Å². The zero-order valence-corrected chi connectivity index (χ0v) is 22.7. The first-order valence-electron chi connectivity index (χ1n) is 13.0. The summed E-state index contributed by atoms with van der Waals surface area (Å²) in [5.41, 5.74) is 0.0419. The first-order valence-corrected chi connectivity index (χ1v) is 13.0. The zero-order chi connectivity index (χ0) is 28.4. The van der Waals surface area contributed by atoms with Crippen LogP contribution < -0.4 is 0 Å². The molecule has 1 fully saturated rings. The number of piperazine rings is 1. The van der Waals surface area contributed by atoms with E-state index in [4.69, 9.17) is 14.3 Å². The molecule has 39 heavy (non-hydrogen) atoms. The molecule has 2 aliphatic rings. The molecule has 0 saturated carbocycles. The molecule has 1 saturated heterocycles. The van der Waals surface area contributed by atoms with Crippen LogP contribution in [0.3, 0.4) is 0 Å². The number of cyclic esters (lactones) is 1. The third-order valence-electron chi connectivity index (χ3n) is 5.91. The van der Waals surface area contributed by atoms with E-state index in [-0.39, 0.29) is 36.9 Å². The number of benzene rings is 1. The molecule has 0 atom stereocenters. The van der Waals surface area contributed by atoms with Crippen molar-refractivity contribution in [2.75, 3.05) is 39.4 Å². The van der Waals surface area contributed by atoms with Crippen molar-refractivity contribution >= 4 is 23.7 Å². The summed E-state index contributed by atoms with van der Waals surface area (Å²) >= 11 is 0. The number of allylic oxidation sites excluding steroid dienone is 3. The normalized spacial score (nSPS) is 19.9. The maximum Gasteiger partial charge on any atom is 0.410 e. The molecule has 2 heterocycles. The van der Waals surface area contributed by atoms with Gasteiger partial charge in [0.2, 0.25) is 0 Å². The summed E-state index contributed by atoms with van der Waals surface area (Å²) in [4.78, 5) is 46.2. The standard InChI is InChI=1S/C28H37N3O8/c1-28(2,3)39-27(36)31-13-11-30(12-14-31)24(34)19-38-29-21-10-8-6-4-5-7-9-15-37-26(35)25-20(16-21)17-22(32)18-23(25)33/h5,7-8,10,17-18,32-33H,4,6,9,11-16,19H2,1-3H3/b7-5+,10-8+,29-21?. The van der Waals surface area contributed by atoms with Crippen molar-refractivity contribution in [1.82, 2.24) is 9.80 Å². The number of carbonyl (C=O) groups is 3. The lowest BCUT2D eigenvalue weighted by atomic mass is 10.00. The van der Waals surface area contributed by atoms with Gasteiger partial charge in [-0.05, 0) is 57.7 Å². The largest absolute Gasteiger partial charge is 0.508 e. The Morgan fingerprint density at radius 1 is 1.00 bits per heavy atom. The van der Waals surface area contributed by atoms with Crippen molar-refractivity contribution in [3.8, 4) is 11.5 Å². The SMILES string of the molecule is CC(C)(C)OC(=O)N1CCN(C(=O)CON=C2/C=C/CC/C=C/CCOC(=O)c3c(O)cc(O)cc3C2)CC1. The highest BCUT2D eigenvalue weighted by Gasteiger charge is 2.28. The third-order valence-corrected chi connectivity index (χ3v) is 5.91. The van der Waals surface area contributed by atoms with Crippen LogP contribution in [0.1, 0.15) is 56.0 Å². The molecule has 0 aliphatic carbocycles. The molecule has 0 spiro atoms. The van der Waals surface area contributed by atoms with E-state index < -0.39 is 23.4 Å². The molecule has 0 bridgehead atoms. The van der Waals surface area contributed by atoms with Gasteiger partial charge in [0.15, 0.2) is 6.61 Å². The van der Waals surface area contributed by atoms with Crippen LogP contribution in [0.25, 0.3) is 0 Å². The van der Waals surface area contributed by atoms with Crippen LogP contribution in [0, 0.1) is 0 Å². The summed E-state index contributed by atoms with van der Waals surface area (Å²) in [6, 6.07) is 2.44. The van der Waals surface area contributed by atoms with Gasteiger partial charge in [0.05, 0.1) is 12.3 Å². The van der Waals surface area contributed by atoms with E-state index in [9.17, 15) is 24.6 Å². The number of nitrogens with zero attached hydrogens (tertiary/aromatic N) is 3. The van der Waals surface area contributed by atoms with E-state index >= 15 is 0 Å². The van der Waals surface area contributed by atoms with Gasteiger partial charge in [-0.15, -0.1) is 0 Å². The highest BCUT2D eigenvalue weighted by atomic mass is 16.6. The van der Waals surface area contributed by atoms with Crippen LogP contribution >= 0.6 is 0 Å². The van der Waals surface area contributed by atoms with Gasteiger partial charge in [-0.2, -0.15) is 0 Å². The lowest BCUT2D eigenvalue weighted by Crippen LogP contribution is -2.52. The Labute approximate surface area is 228 Å². The summed E-state index contributed by atoms with van der Waals surface area (Å²) < 4.78 is 10.7. The van der Waals surface area contributed by atoms with Crippen molar-refractivity contribution < 1.29 is 38.9 Å². The number of aromatic hydroxyl groups is 2. The van der Waals surface area contributed by atoms with Crippen molar-refractivity contribution in [3.05, 3.63) is 47.6 Å². The molecule has 2 aliphatic heterocycles. The molecular formula is C28H37N3O8. The van der Waals surface area contributed by atoms with Gasteiger partial charge in [-0.1, -0.05) is 23.4 Å². The predicted octanol–water partition coefficient (Wildman–Crippen LogP) is 3.55. The Hall–Kier alpha value is -4.02. The number of carbonyl (C=O) groups excluding carboxylic acids is 3. The number of rotatable bonds is 3. The van der Waals surface area contributed by atoms with Gasteiger partial charge in [0.25, 0.3) is 5.91 Å². The average molecular weight is 544 g/mol. The Morgan fingerprint density at radius 2 is 1.67 bits per heavy atom. The lowest BCUT2D eigenvalue weighted by Gasteiger charge is -2.35. The van der Waals surface area contributed by atoms with Crippen molar-refractivity contribution in [1.29, 1.82) is 0 Å². The van der Waals surface area contributed by atoms with Crippen LogP contribution in [-0.4, -0.2) is 88.7 Å². The number of esters is 1. The Morgan fingerprint density at radius 3 is 2.38 bits per heavy atom. The molecule has 212 valence electrons. The number of ether oxygens (including phenoxy) is 2. The third kappa shape index (κ3) is 9.35. The summed E-state index contributed by atoms with van der Waals surface area (Å²) in [5, 5.41) is 24.5. The van der Waals surface area contributed by atoms with Crippen molar-refractivity contribution in [2.45, 2.75) is 52.1 Å². The number of oxime groups is 1. The molecule has 11 heteroatoms. The summed E-state index contributed by atoms with van der Waals surface area (Å²) in [6.07, 6.45) is 9.23. The second-order valence-corrected chi connectivity index (χ2v) is 10.3. The molecule has 1 aromatic rings. The fourth-order valence-electron chi connectivity index (χ4n) is 4.03. The Bertz CT molecular complexity index is 1130. The fraction of sp³-hybridized carbons (Fsp3) is 0.500. The minimum atomic E-state index is -0.710. The number of hydrogen-bond donors (Lipinski definition) is 2. The summed E-state index contributed by atoms with van der Waals surface area (Å²) in [7, 11) is 0. The first-order chi connectivity index (χ1) is 18.5. The maximum absolute atomic E-state index is 12.7. The highest BCUT2D eigenvalue weighted by Crippen LogP contribution is 2.29. The van der Waals surface area contributed by atoms with Gasteiger partial charge in [0.1, 0.15) is 22.7 Å². The summed E-state index contributed by atoms with van der Waals surface area (Å²) in [5.74, 6) is -1.61. The minimum absolute atomic E-state index is 0.0431. The van der Waals surface area contributed by atoms with E-state index in [0.717, 1.165) is 18.9 Å². The number of fused-ring (bicyclic) bond motifs is 1. The second-order valence-electron chi connectivity index (χ2n) is 10.3. The van der Waals surface area contributed by atoms with Crippen LogP contribution in [0.2, 0.25) is 0 Å². The van der Waals surface area contributed by atoms with E-state index in [0.29, 0.717) is 43.9 Å². The van der Waals surface area contributed by atoms with Crippen molar-refractivity contribution in [2.24, 2.45) is 5.16 Å². The molecule has 0 radical (unpaired) electrons. The van der Waals surface area contributed by atoms with Crippen LogP contribution in [0.4, 0.5) is 4.79 Å². The van der Waals surface area contributed by atoms with E-state index in [1.54, 1.807) is 36.6 Å². The number of phenols is 2. The zero-order valence-electron chi connectivity index (χ0n) is 22.7. The van der Waals surface area contributed by atoms with Gasteiger partial charge in [-0.25, -0.2) is 9.59 Å². The quantitative estimate of drug-likeness (QED) is 0.335. The molecule has 0 unspecified atom stereocenters. The van der Waals surface area contributed by atoms with E-state index in [1.807, 2.05) is 18.2 Å². The topological polar surface area (TPSA) is 138 Å². The average Bonchev–Trinajstić information content (AvgIpc) is 2.85. The molecule has 3 rings (SSSR count). The van der Waals surface area contributed by atoms with Gasteiger partial charge in [-0.3, -0.25) is 4.79 Å². The maximum atomic E-state index is 12.7. The van der Waals surface area contributed by atoms with Crippen LogP contribution in [-0.2, 0) is 25.5 Å². The van der Waals surface area contributed by atoms with Gasteiger partial charge < -0.3 is 34.3 Å². The van der Waals surface area contributed by atoms with Crippen LogP contribution in [0.15, 0.2) is 41.6 Å². The van der Waals surface area contributed by atoms with E-state index in [1.165, 1.54) is 6.07 Å². The minimum Gasteiger partial charge on any atom is -0.508 e. The number of amides is 2. The smallest absolute Gasteiger partial charge is 0.410 e. The molecule has 1 aromatic carbocycles. The van der Waals surface area contributed by atoms with Crippen LogP contribution in [0.5, 0.6) is 11.5 Å². The Balaban J connectivity index is 1.67. The number of hydrogen-bond acceptors (Lipinski definition) is 9. The fourth-order valence-corrected chi connectivity index (χ4v) is 4.03. The van der Waals surface area contributed by atoms with Gasteiger partial charge in [0, 0.05) is 38.7 Å². The predicted molar refractivity (Wildman–Crippen MR) is 144 cm³/mol. The second kappa shape index (κ2) is 13.7. The lowest BCUT2D eigenvalue weighted by molar-refractivity contribution is -0.137. The molecule has 2 amide bonds. The molecule has 0 aromatic heterocycles. The highest BCUT2D eigenvalue weighted by molar-refractivity contribution is 6.00. The summed E-state index contributed by atoms with van der Waals surface area (Å²) in [6.45, 7) is 6.65. The number of phenolic OH excluding ortho intramolecular Hbond substituents is 2. The molecule has 11 nitrogen and oxygen atoms in total.